The smallest absolute Gasteiger partial charge is 0.315 e. The topological polar surface area (TPSA) is 76.7 Å². The molecule has 0 atom stereocenters. The highest BCUT2D eigenvalue weighted by Crippen LogP contribution is 2.16. The molecule has 0 aliphatic carbocycles. The third kappa shape index (κ3) is 6.87. The van der Waals surface area contributed by atoms with Gasteiger partial charge in [0.2, 0.25) is 5.91 Å². The molecule has 8 heteroatoms. The molecule has 1 aliphatic rings. The maximum Gasteiger partial charge on any atom is 0.315 e. The van der Waals surface area contributed by atoms with Crippen molar-refractivity contribution < 1.29 is 14.0 Å². The largest absolute Gasteiger partial charge is 0.369 e. The van der Waals surface area contributed by atoms with Crippen LogP contribution in [-0.2, 0) is 4.79 Å². The van der Waals surface area contributed by atoms with Gasteiger partial charge < -0.3 is 20.9 Å². The summed E-state index contributed by atoms with van der Waals surface area (Å²) in [7, 11) is 0. The van der Waals surface area contributed by atoms with E-state index >= 15 is 0 Å². The van der Waals surface area contributed by atoms with E-state index in [4.69, 9.17) is 0 Å². The van der Waals surface area contributed by atoms with Crippen LogP contribution in [0.5, 0.6) is 0 Å². The Morgan fingerprint density at radius 3 is 2.35 bits per heavy atom. The van der Waals surface area contributed by atoms with Gasteiger partial charge in [0.1, 0.15) is 5.82 Å². The Labute approximate surface area is 153 Å². The maximum atomic E-state index is 13.0. The van der Waals surface area contributed by atoms with E-state index in [-0.39, 0.29) is 24.3 Å². The monoisotopic (exact) mass is 365 g/mol. The molecule has 3 amide bonds. The zero-order chi connectivity index (χ0) is 18.8. The van der Waals surface area contributed by atoms with Gasteiger partial charge in [-0.1, -0.05) is 6.92 Å². The Balaban J connectivity index is 1.57. The maximum absolute atomic E-state index is 13.0. The van der Waals surface area contributed by atoms with E-state index in [0.29, 0.717) is 13.1 Å². The molecule has 0 bridgehead atoms. The van der Waals surface area contributed by atoms with E-state index < -0.39 is 0 Å². The average Bonchev–Trinajstić information content (AvgIpc) is 2.66. The number of rotatable bonds is 8. The first-order valence-corrected chi connectivity index (χ1v) is 9.09. The van der Waals surface area contributed by atoms with Crippen molar-refractivity contribution in [1.82, 2.24) is 20.9 Å². The van der Waals surface area contributed by atoms with Gasteiger partial charge in [-0.05, 0) is 30.7 Å². The molecule has 0 saturated carbocycles. The molecule has 2 rings (SSSR count). The summed E-state index contributed by atoms with van der Waals surface area (Å²) in [5.74, 6) is -0.404. The van der Waals surface area contributed by atoms with Crippen molar-refractivity contribution >= 4 is 17.6 Å². The molecule has 1 saturated heterocycles. The van der Waals surface area contributed by atoms with Crippen LogP contribution in [0.25, 0.3) is 0 Å². The van der Waals surface area contributed by atoms with Crippen molar-refractivity contribution in [3.05, 3.63) is 30.1 Å². The normalized spacial score (nSPS) is 14.8. The fraction of sp³-hybridized carbons (Fsp3) is 0.556. The molecule has 0 spiro atoms. The minimum absolute atomic E-state index is 0.0117. The Morgan fingerprint density at radius 1 is 1.00 bits per heavy atom. The quantitative estimate of drug-likeness (QED) is 0.636. The number of nitrogens with zero attached hydrogens (tertiary/aromatic N) is 2. The lowest BCUT2D eigenvalue weighted by Gasteiger charge is -2.36. The number of nitrogens with one attached hydrogen (secondary N) is 3. The highest BCUT2D eigenvalue weighted by Gasteiger charge is 2.17. The van der Waals surface area contributed by atoms with Gasteiger partial charge in [0.25, 0.3) is 0 Å². The predicted molar refractivity (Wildman–Crippen MR) is 99.8 cm³/mol. The summed E-state index contributed by atoms with van der Waals surface area (Å²) in [6.07, 6.45) is 0.867. The Hall–Kier alpha value is -2.35. The van der Waals surface area contributed by atoms with E-state index in [0.717, 1.165) is 44.8 Å². The van der Waals surface area contributed by atoms with Crippen LogP contribution in [0.1, 0.15) is 13.3 Å². The molecule has 26 heavy (non-hydrogen) atoms. The standard InChI is InChI=1S/C18H28FN5O2/c1-2-7-20-17(25)14-22-18(26)21-8-9-23-10-12-24(13-11-23)16-5-3-15(19)4-6-16/h3-6H,2,7-14H2,1H3,(H,20,25)(H2,21,22,26). The van der Waals surface area contributed by atoms with Gasteiger partial charge in [0.05, 0.1) is 6.54 Å². The molecule has 1 aliphatic heterocycles. The van der Waals surface area contributed by atoms with Crippen LogP contribution < -0.4 is 20.9 Å². The van der Waals surface area contributed by atoms with Crippen LogP contribution in [-0.4, -0.2) is 69.2 Å². The molecule has 144 valence electrons. The first-order chi connectivity index (χ1) is 12.6. The highest BCUT2D eigenvalue weighted by atomic mass is 19.1. The number of carbonyl (C=O) groups excluding carboxylic acids is 2. The number of anilines is 1. The molecule has 0 radical (unpaired) electrons. The highest BCUT2D eigenvalue weighted by molar-refractivity contribution is 5.83. The zero-order valence-corrected chi connectivity index (χ0v) is 15.3. The van der Waals surface area contributed by atoms with E-state index in [1.54, 1.807) is 12.1 Å². The number of hydrogen-bond donors (Lipinski definition) is 3. The third-order valence-electron chi connectivity index (χ3n) is 4.26. The van der Waals surface area contributed by atoms with Crippen molar-refractivity contribution in [2.45, 2.75) is 13.3 Å². The number of halogens is 1. The number of piperazine rings is 1. The molecule has 0 aromatic heterocycles. The van der Waals surface area contributed by atoms with Crippen molar-refractivity contribution in [3.63, 3.8) is 0 Å². The molecule has 1 heterocycles. The lowest BCUT2D eigenvalue weighted by Crippen LogP contribution is -2.49. The van der Waals surface area contributed by atoms with Crippen LogP contribution in [0.2, 0.25) is 0 Å². The van der Waals surface area contributed by atoms with Crippen LogP contribution in [0.4, 0.5) is 14.9 Å². The van der Waals surface area contributed by atoms with Gasteiger partial charge in [0, 0.05) is 51.5 Å². The van der Waals surface area contributed by atoms with E-state index in [1.807, 2.05) is 6.92 Å². The number of carbonyl (C=O) groups is 2. The Kier molecular flexibility index (Phi) is 8.14. The van der Waals surface area contributed by atoms with E-state index in [2.05, 4.69) is 25.8 Å². The van der Waals surface area contributed by atoms with Crippen LogP contribution in [0.3, 0.4) is 0 Å². The molecule has 1 fully saturated rings. The molecule has 1 aromatic carbocycles. The molecule has 3 N–H and O–H groups in total. The Morgan fingerprint density at radius 2 is 1.69 bits per heavy atom. The molecule has 1 aromatic rings. The van der Waals surface area contributed by atoms with Crippen LogP contribution >= 0.6 is 0 Å². The van der Waals surface area contributed by atoms with Gasteiger partial charge in [-0.15, -0.1) is 0 Å². The molecular weight excluding hydrogens is 337 g/mol. The second-order valence-corrected chi connectivity index (χ2v) is 6.26. The summed E-state index contributed by atoms with van der Waals surface area (Å²) >= 11 is 0. The molecule has 0 unspecified atom stereocenters. The molecular formula is C18H28FN5O2. The minimum Gasteiger partial charge on any atom is -0.369 e. The summed E-state index contributed by atoms with van der Waals surface area (Å²) < 4.78 is 13.0. The first kappa shape index (κ1) is 20.0. The number of urea groups is 1. The van der Waals surface area contributed by atoms with Crippen molar-refractivity contribution in [2.24, 2.45) is 0 Å². The minimum atomic E-state index is -0.332. The average molecular weight is 365 g/mol. The number of benzene rings is 1. The fourth-order valence-corrected chi connectivity index (χ4v) is 2.76. The second kappa shape index (κ2) is 10.6. The van der Waals surface area contributed by atoms with Crippen molar-refractivity contribution in [3.8, 4) is 0 Å². The summed E-state index contributed by atoms with van der Waals surface area (Å²) in [5, 5.41) is 8.01. The SMILES string of the molecule is CCCNC(=O)CNC(=O)NCCN1CCN(c2ccc(F)cc2)CC1. The van der Waals surface area contributed by atoms with E-state index in [1.165, 1.54) is 12.1 Å². The summed E-state index contributed by atoms with van der Waals surface area (Å²) in [5.41, 5.74) is 1.03. The van der Waals surface area contributed by atoms with Gasteiger partial charge in [-0.3, -0.25) is 9.69 Å². The lowest BCUT2D eigenvalue weighted by atomic mass is 10.2. The fourth-order valence-electron chi connectivity index (χ4n) is 2.76. The van der Waals surface area contributed by atoms with Crippen LogP contribution in [0.15, 0.2) is 24.3 Å². The van der Waals surface area contributed by atoms with Crippen molar-refractivity contribution in [2.75, 3.05) is 57.3 Å². The second-order valence-electron chi connectivity index (χ2n) is 6.26. The first-order valence-electron chi connectivity index (χ1n) is 9.09. The molecule has 7 nitrogen and oxygen atoms in total. The summed E-state index contributed by atoms with van der Waals surface area (Å²) in [6, 6.07) is 6.22. The number of amides is 3. The number of hydrogen-bond acceptors (Lipinski definition) is 4. The summed E-state index contributed by atoms with van der Waals surface area (Å²) in [4.78, 5) is 27.6. The van der Waals surface area contributed by atoms with Crippen LogP contribution in [0, 0.1) is 5.82 Å². The van der Waals surface area contributed by atoms with Gasteiger partial charge in [-0.2, -0.15) is 0 Å². The van der Waals surface area contributed by atoms with E-state index in [9.17, 15) is 14.0 Å². The van der Waals surface area contributed by atoms with Gasteiger partial charge in [-0.25, -0.2) is 9.18 Å². The third-order valence-corrected chi connectivity index (χ3v) is 4.26. The predicted octanol–water partition coefficient (Wildman–Crippen LogP) is 0.773. The summed E-state index contributed by atoms with van der Waals surface area (Å²) in [6.45, 7) is 7.38. The van der Waals surface area contributed by atoms with Crippen molar-refractivity contribution in [1.29, 1.82) is 0 Å². The van der Waals surface area contributed by atoms with Gasteiger partial charge >= 0.3 is 6.03 Å². The Bertz CT molecular complexity index is 573. The zero-order valence-electron chi connectivity index (χ0n) is 15.3. The lowest BCUT2D eigenvalue weighted by molar-refractivity contribution is -0.120. The van der Waals surface area contributed by atoms with Gasteiger partial charge in [0.15, 0.2) is 0 Å².